The number of fused-ring (bicyclic) bond motifs is 1. The molecule has 1 aromatic heterocycles. The summed E-state index contributed by atoms with van der Waals surface area (Å²) in [4.78, 5) is 0. The minimum Gasteiger partial charge on any atom is -0.494 e. The van der Waals surface area contributed by atoms with Crippen molar-refractivity contribution in [2.24, 2.45) is 7.05 Å². The van der Waals surface area contributed by atoms with Crippen molar-refractivity contribution < 1.29 is 13.5 Å². The molecule has 0 unspecified atom stereocenters. The Labute approximate surface area is 133 Å². The van der Waals surface area contributed by atoms with E-state index in [1.54, 1.807) is 44.8 Å². The molecule has 0 aliphatic carbocycles. The quantitative estimate of drug-likeness (QED) is 0.703. The molecule has 0 aliphatic rings. The van der Waals surface area contributed by atoms with Crippen molar-refractivity contribution in [3.63, 3.8) is 0 Å². The lowest BCUT2D eigenvalue weighted by Gasteiger charge is -2.12. The SMILES string of the molecule is COc1ccc(-c2cc(F)c(C(C)C)c(F)c2)c2cn(C)nc12. The third-order valence-corrected chi connectivity index (χ3v) is 3.94. The first-order chi connectivity index (χ1) is 10.9. The van der Waals surface area contributed by atoms with Gasteiger partial charge in [-0.3, -0.25) is 4.68 Å². The zero-order valence-electron chi connectivity index (χ0n) is 13.5. The van der Waals surface area contributed by atoms with Crippen molar-refractivity contribution >= 4 is 10.9 Å². The van der Waals surface area contributed by atoms with Gasteiger partial charge < -0.3 is 4.74 Å². The van der Waals surface area contributed by atoms with Crippen molar-refractivity contribution in [2.45, 2.75) is 19.8 Å². The average molecular weight is 316 g/mol. The van der Waals surface area contributed by atoms with Gasteiger partial charge in [-0.15, -0.1) is 0 Å². The van der Waals surface area contributed by atoms with Crippen molar-refractivity contribution in [1.82, 2.24) is 9.78 Å². The van der Waals surface area contributed by atoms with Crippen LogP contribution in [0, 0.1) is 11.6 Å². The Kier molecular flexibility index (Phi) is 3.80. The Hall–Kier alpha value is -2.43. The standard InChI is InChI=1S/C18H18F2N2O/c1-10(2)17-14(19)7-11(8-15(17)20)12-5-6-16(23-4)18-13(12)9-22(3)21-18/h5-10H,1-4H3. The number of methoxy groups -OCH3 is 1. The number of halogens is 2. The lowest BCUT2D eigenvalue weighted by atomic mass is 9.95. The summed E-state index contributed by atoms with van der Waals surface area (Å²) in [6.07, 6.45) is 1.82. The summed E-state index contributed by atoms with van der Waals surface area (Å²) in [6.45, 7) is 3.54. The Morgan fingerprint density at radius 3 is 2.35 bits per heavy atom. The normalized spacial score (nSPS) is 11.4. The predicted molar refractivity (Wildman–Crippen MR) is 86.7 cm³/mol. The molecule has 0 N–H and O–H groups in total. The van der Waals surface area contributed by atoms with Gasteiger partial charge in [0.1, 0.15) is 22.9 Å². The maximum atomic E-state index is 14.3. The second kappa shape index (κ2) is 5.65. The van der Waals surface area contributed by atoms with Crippen molar-refractivity contribution in [3.8, 4) is 16.9 Å². The van der Waals surface area contributed by atoms with Crippen molar-refractivity contribution in [3.05, 3.63) is 47.7 Å². The van der Waals surface area contributed by atoms with E-state index in [0.29, 0.717) is 16.8 Å². The van der Waals surface area contributed by atoms with Crippen LogP contribution in [0.15, 0.2) is 30.5 Å². The summed E-state index contributed by atoms with van der Waals surface area (Å²) in [5.41, 5.74) is 2.00. The number of aromatic nitrogens is 2. The van der Waals surface area contributed by atoms with Gasteiger partial charge in [0.2, 0.25) is 0 Å². The third-order valence-electron chi connectivity index (χ3n) is 3.94. The molecule has 1 heterocycles. The minimum absolute atomic E-state index is 0.115. The second-order valence-electron chi connectivity index (χ2n) is 5.89. The fraction of sp³-hybridized carbons (Fsp3) is 0.278. The monoisotopic (exact) mass is 316 g/mol. The Balaban J connectivity index is 2.25. The smallest absolute Gasteiger partial charge is 0.147 e. The van der Waals surface area contributed by atoms with Crippen LogP contribution in [-0.4, -0.2) is 16.9 Å². The maximum Gasteiger partial charge on any atom is 0.147 e. The summed E-state index contributed by atoms with van der Waals surface area (Å²) >= 11 is 0. The number of ether oxygens (including phenoxy) is 1. The Bertz CT molecular complexity index is 861. The summed E-state index contributed by atoms with van der Waals surface area (Å²) in [6, 6.07) is 6.32. The van der Waals surface area contributed by atoms with Gasteiger partial charge in [-0.05, 0) is 41.3 Å². The molecule has 0 amide bonds. The highest BCUT2D eigenvalue weighted by Gasteiger charge is 2.17. The van der Waals surface area contributed by atoms with Crippen LogP contribution in [0.2, 0.25) is 0 Å². The highest BCUT2D eigenvalue weighted by atomic mass is 19.1. The molecular weight excluding hydrogens is 298 g/mol. The number of nitrogens with zero attached hydrogens (tertiary/aromatic N) is 2. The first-order valence-electron chi connectivity index (χ1n) is 7.42. The van der Waals surface area contributed by atoms with Gasteiger partial charge in [0.25, 0.3) is 0 Å². The topological polar surface area (TPSA) is 27.1 Å². The van der Waals surface area contributed by atoms with E-state index in [2.05, 4.69) is 5.10 Å². The zero-order chi connectivity index (χ0) is 16.7. The van der Waals surface area contributed by atoms with Crippen LogP contribution in [0.3, 0.4) is 0 Å². The van der Waals surface area contributed by atoms with Gasteiger partial charge >= 0.3 is 0 Å². The van der Waals surface area contributed by atoms with Crippen LogP contribution in [0.25, 0.3) is 22.0 Å². The predicted octanol–water partition coefficient (Wildman–Crippen LogP) is 4.65. The Morgan fingerprint density at radius 1 is 1.13 bits per heavy atom. The van der Waals surface area contributed by atoms with Gasteiger partial charge in [0, 0.05) is 24.2 Å². The zero-order valence-corrected chi connectivity index (χ0v) is 13.5. The third kappa shape index (κ3) is 2.56. The van der Waals surface area contributed by atoms with Gasteiger partial charge in [-0.1, -0.05) is 13.8 Å². The van der Waals surface area contributed by atoms with Crippen LogP contribution in [-0.2, 0) is 7.05 Å². The maximum absolute atomic E-state index is 14.3. The molecule has 0 bridgehead atoms. The largest absolute Gasteiger partial charge is 0.494 e. The molecule has 3 nitrogen and oxygen atoms in total. The van der Waals surface area contributed by atoms with Crippen LogP contribution in [0.5, 0.6) is 5.75 Å². The first-order valence-corrected chi connectivity index (χ1v) is 7.42. The van der Waals surface area contributed by atoms with Crippen molar-refractivity contribution in [1.29, 1.82) is 0 Å². The van der Waals surface area contributed by atoms with E-state index in [9.17, 15) is 8.78 Å². The number of rotatable bonds is 3. The second-order valence-corrected chi connectivity index (χ2v) is 5.89. The molecule has 0 saturated carbocycles. The molecule has 0 spiro atoms. The van der Waals surface area contributed by atoms with Gasteiger partial charge in [-0.2, -0.15) is 5.10 Å². The molecule has 3 aromatic rings. The molecule has 3 rings (SSSR count). The summed E-state index contributed by atoms with van der Waals surface area (Å²) < 4.78 is 35.6. The molecule has 5 heteroatoms. The molecule has 0 atom stereocenters. The molecule has 120 valence electrons. The molecular formula is C18H18F2N2O. The van der Waals surface area contributed by atoms with Crippen LogP contribution >= 0.6 is 0 Å². The molecule has 0 saturated heterocycles. The number of hydrogen-bond donors (Lipinski definition) is 0. The fourth-order valence-corrected chi connectivity index (χ4v) is 2.90. The van der Waals surface area contributed by atoms with E-state index in [1.807, 2.05) is 6.20 Å². The van der Waals surface area contributed by atoms with E-state index >= 15 is 0 Å². The van der Waals surface area contributed by atoms with E-state index in [0.717, 1.165) is 10.9 Å². The summed E-state index contributed by atoms with van der Waals surface area (Å²) in [5.74, 6) is -0.631. The molecule has 2 aromatic carbocycles. The molecule has 0 radical (unpaired) electrons. The highest BCUT2D eigenvalue weighted by Crippen LogP contribution is 2.35. The first kappa shape index (κ1) is 15.5. The average Bonchev–Trinajstić information content (AvgIpc) is 2.86. The van der Waals surface area contributed by atoms with Gasteiger partial charge in [0.15, 0.2) is 0 Å². The summed E-state index contributed by atoms with van der Waals surface area (Å²) in [5, 5.41) is 5.16. The number of benzene rings is 2. The highest BCUT2D eigenvalue weighted by molar-refractivity contribution is 5.97. The molecule has 0 fully saturated rings. The van der Waals surface area contributed by atoms with E-state index in [4.69, 9.17) is 4.74 Å². The number of aryl methyl sites for hydroxylation is 1. The van der Waals surface area contributed by atoms with E-state index in [1.165, 1.54) is 12.1 Å². The van der Waals surface area contributed by atoms with Crippen LogP contribution < -0.4 is 4.74 Å². The molecule has 23 heavy (non-hydrogen) atoms. The van der Waals surface area contributed by atoms with Gasteiger partial charge in [-0.25, -0.2) is 8.78 Å². The lowest BCUT2D eigenvalue weighted by molar-refractivity contribution is 0.418. The Morgan fingerprint density at radius 2 is 1.78 bits per heavy atom. The minimum atomic E-state index is -0.525. The lowest BCUT2D eigenvalue weighted by Crippen LogP contribution is -1.99. The van der Waals surface area contributed by atoms with Gasteiger partial charge in [0.05, 0.1) is 7.11 Å². The number of hydrogen-bond acceptors (Lipinski definition) is 2. The van der Waals surface area contributed by atoms with Crippen LogP contribution in [0.1, 0.15) is 25.3 Å². The van der Waals surface area contributed by atoms with E-state index < -0.39 is 11.6 Å². The van der Waals surface area contributed by atoms with Crippen LogP contribution in [0.4, 0.5) is 8.78 Å². The molecule has 0 aliphatic heterocycles. The summed E-state index contributed by atoms with van der Waals surface area (Å²) in [7, 11) is 3.37. The van der Waals surface area contributed by atoms with Crippen molar-refractivity contribution in [2.75, 3.05) is 7.11 Å². The van der Waals surface area contributed by atoms with E-state index in [-0.39, 0.29) is 11.5 Å². The fourth-order valence-electron chi connectivity index (χ4n) is 2.90.